The average Bonchev–Trinajstić information content (AvgIpc) is 1.96. The lowest BCUT2D eigenvalue weighted by Gasteiger charge is -2.26. The molecule has 0 unspecified atom stereocenters. The number of Topliss-reactive ketones (excluding diaryl/α,β-unsaturated/α-hetero) is 1. The summed E-state index contributed by atoms with van der Waals surface area (Å²) in [5.74, 6) is 6.18. The molecule has 0 aromatic heterocycles. The van der Waals surface area contributed by atoms with Gasteiger partial charge in [0.2, 0.25) is 0 Å². The Balaban J connectivity index is 2.78. The zero-order valence-electron chi connectivity index (χ0n) is 7.24. The molecule has 1 nitrogen and oxygen atoms in total. The largest absolute Gasteiger partial charge is 0.298 e. The second-order valence-electron chi connectivity index (χ2n) is 3.34. The molecular weight excluding hydrogens is 136 g/mol. The van der Waals surface area contributed by atoms with E-state index >= 15 is 0 Å². The van der Waals surface area contributed by atoms with Crippen LogP contribution < -0.4 is 0 Å². The molecule has 0 N–H and O–H groups in total. The van der Waals surface area contributed by atoms with Crippen LogP contribution in [0.3, 0.4) is 0 Å². The Morgan fingerprint density at radius 3 is 2.73 bits per heavy atom. The molecule has 0 heterocycles. The maximum atomic E-state index is 11.4. The minimum absolute atomic E-state index is 0.312. The van der Waals surface area contributed by atoms with Gasteiger partial charge in [-0.3, -0.25) is 4.79 Å². The summed E-state index contributed by atoms with van der Waals surface area (Å²) >= 11 is 0. The van der Waals surface area contributed by atoms with E-state index in [1.165, 1.54) is 0 Å². The van der Waals surface area contributed by atoms with Crippen molar-refractivity contribution in [3.8, 4) is 11.8 Å². The molecule has 0 spiro atoms. The topological polar surface area (TPSA) is 17.1 Å². The summed E-state index contributed by atoms with van der Waals surface area (Å²) in [7, 11) is 0. The zero-order valence-corrected chi connectivity index (χ0v) is 7.24. The Morgan fingerprint density at radius 2 is 2.18 bits per heavy atom. The molecule has 0 aliphatic heterocycles. The van der Waals surface area contributed by atoms with Gasteiger partial charge in [-0.05, 0) is 26.7 Å². The third kappa shape index (κ3) is 1.63. The summed E-state index contributed by atoms with van der Waals surface area (Å²) in [6.45, 7) is 3.76. The summed E-state index contributed by atoms with van der Waals surface area (Å²) in [6.07, 6.45) is 3.88. The predicted molar refractivity (Wildman–Crippen MR) is 45.0 cm³/mol. The van der Waals surface area contributed by atoms with E-state index in [-0.39, 0.29) is 5.41 Å². The fourth-order valence-corrected chi connectivity index (χ4v) is 1.59. The van der Waals surface area contributed by atoms with Crippen molar-refractivity contribution in [3.05, 3.63) is 0 Å². The maximum absolute atomic E-state index is 11.4. The zero-order chi connectivity index (χ0) is 8.32. The first-order chi connectivity index (χ1) is 5.19. The fraction of sp³-hybridized carbons (Fsp3) is 0.700. The highest BCUT2D eigenvalue weighted by molar-refractivity contribution is 5.88. The highest BCUT2D eigenvalue weighted by Gasteiger charge is 2.32. The van der Waals surface area contributed by atoms with Crippen molar-refractivity contribution in [2.24, 2.45) is 5.41 Å². The fourth-order valence-electron chi connectivity index (χ4n) is 1.59. The van der Waals surface area contributed by atoms with Gasteiger partial charge in [0, 0.05) is 6.42 Å². The van der Waals surface area contributed by atoms with Gasteiger partial charge in [-0.1, -0.05) is 12.3 Å². The van der Waals surface area contributed by atoms with E-state index < -0.39 is 0 Å². The monoisotopic (exact) mass is 150 g/mol. The Morgan fingerprint density at radius 1 is 1.45 bits per heavy atom. The number of rotatable bonds is 0. The maximum Gasteiger partial charge on any atom is 0.150 e. The first kappa shape index (κ1) is 8.33. The molecule has 1 saturated carbocycles. The van der Waals surface area contributed by atoms with Crippen LogP contribution in [-0.2, 0) is 4.79 Å². The summed E-state index contributed by atoms with van der Waals surface area (Å²) in [6, 6.07) is 0. The van der Waals surface area contributed by atoms with E-state index in [1.54, 1.807) is 6.92 Å². The minimum atomic E-state index is -0.312. The van der Waals surface area contributed by atoms with Crippen LogP contribution in [0.25, 0.3) is 0 Å². The molecule has 1 fully saturated rings. The van der Waals surface area contributed by atoms with Crippen molar-refractivity contribution < 1.29 is 4.79 Å². The van der Waals surface area contributed by atoms with Gasteiger partial charge in [0.05, 0.1) is 5.41 Å². The molecular formula is C10H14O. The lowest BCUT2D eigenvalue weighted by molar-refractivity contribution is -0.127. The van der Waals surface area contributed by atoms with Crippen LogP contribution >= 0.6 is 0 Å². The highest BCUT2D eigenvalue weighted by atomic mass is 16.1. The molecule has 0 saturated heterocycles. The van der Waals surface area contributed by atoms with Crippen molar-refractivity contribution in [2.45, 2.75) is 39.5 Å². The van der Waals surface area contributed by atoms with Crippen molar-refractivity contribution >= 4 is 5.78 Å². The molecule has 0 bridgehead atoms. The van der Waals surface area contributed by atoms with E-state index in [1.807, 2.05) is 6.92 Å². The van der Waals surface area contributed by atoms with Crippen LogP contribution in [0.1, 0.15) is 39.5 Å². The lowest BCUT2D eigenvalue weighted by atomic mass is 9.75. The molecule has 0 aromatic rings. The Hall–Kier alpha value is -0.770. The highest BCUT2D eigenvalue weighted by Crippen LogP contribution is 2.31. The van der Waals surface area contributed by atoms with Gasteiger partial charge in [0.15, 0.2) is 5.78 Å². The summed E-state index contributed by atoms with van der Waals surface area (Å²) in [4.78, 5) is 11.4. The Labute approximate surface area is 68.2 Å². The first-order valence-electron chi connectivity index (χ1n) is 4.16. The average molecular weight is 150 g/mol. The molecule has 1 rings (SSSR count). The second kappa shape index (κ2) is 3.09. The molecule has 1 heteroatoms. The molecule has 0 aromatic carbocycles. The van der Waals surface area contributed by atoms with E-state index in [9.17, 15) is 4.79 Å². The quantitative estimate of drug-likeness (QED) is 0.483. The summed E-state index contributed by atoms with van der Waals surface area (Å²) < 4.78 is 0. The van der Waals surface area contributed by atoms with Gasteiger partial charge in [0.25, 0.3) is 0 Å². The number of carbonyl (C=O) groups excluding carboxylic acids is 1. The molecule has 60 valence electrons. The smallest absolute Gasteiger partial charge is 0.150 e. The molecule has 0 radical (unpaired) electrons. The van der Waals surface area contributed by atoms with Gasteiger partial charge < -0.3 is 0 Å². The summed E-state index contributed by atoms with van der Waals surface area (Å²) in [5, 5.41) is 0. The third-order valence-corrected chi connectivity index (χ3v) is 2.35. The van der Waals surface area contributed by atoms with Crippen LogP contribution in [0.4, 0.5) is 0 Å². The van der Waals surface area contributed by atoms with Crippen molar-refractivity contribution in [1.29, 1.82) is 0 Å². The number of carbonyl (C=O) groups is 1. The van der Waals surface area contributed by atoms with Crippen LogP contribution in [0.15, 0.2) is 0 Å². The lowest BCUT2D eigenvalue weighted by Crippen LogP contribution is -2.29. The first-order valence-corrected chi connectivity index (χ1v) is 4.16. The van der Waals surface area contributed by atoms with Gasteiger partial charge in [-0.25, -0.2) is 0 Å². The van der Waals surface area contributed by atoms with Gasteiger partial charge in [-0.15, -0.1) is 5.92 Å². The number of hydrogen-bond acceptors (Lipinski definition) is 1. The van der Waals surface area contributed by atoms with Gasteiger partial charge >= 0.3 is 0 Å². The van der Waals surface area contributed by atoms with Gasteiger partial charge in [-0.2, -0.15) is 0 Å². The van der Waals surface area contributed by atoms with E-state index in [0.717, 1.165) is 25.7 Å². The van der Waals surface area contributed by atoms with Crippen LogP contribution in [0.2, 0.25) is 0 Å². The molecule has 0 amide bonds. The second-order valence-corrected chi connectivity index (χ2v) is 3.34. The SMILES string of the molecule is CC#C[C@@]1(C)CCCCC1=O. The van der Waals surface area contributed by atoms with Crippen LogP contribution in [0, 0.1) is 17.3 Å². The van der Waals surface area contributed by atoms with E-state index in [0.29, 0.717) is 5.78 Å². The van der Waals surface area contributed by atoms with E-state index in [4.69, 9.17) is 0 Å². The van der Waals surface area contributed by atoms with Crippen LogP contribution in [-0.4, -0.2) is 5.78 Å². The Bertz CT molecular complexity index is 219. The summed E-state index contributed by atoms with van der Waals surface area (Å²) in [5.41, 5.74) is -0.312. The molecule has 1 aliphatic carbocycles. The molecule has 1 aliphatic rings. The van der Waals surface area contributed by atoms with Crippen molar-refractivity contribution in [2.75, 3.05) is 0 Å². The van der Waals surface area contributed by atoms with Crippen molar-refractivity contribution in [1.82, 2.24) is 0 Å². The minimum Gasteiger partial charge on any atom is -0.298 e. The molecule has 1 atom stereocenters. The third-order valence-electron chi connectivity index (χ3n) is 2.35. The number of hydrogen-bond donors (Lipinski definition) is 0. The number of ketones is 1. The van der Waals surface area contributed by atoms with Crippen LogP contribution in [0.5, 0.6) is 0 Å². The Kier molecular flexibility index (Phi) is 2.34. The van der Waals surface area contributed by atoms with Gasteiger partial charge in [0.1, 0.15) is 0 Å². The molecule has 11 heavy (non-hydrogen) atoms. The van der Waals surface area contributed by atoms with Crippen molar-refractivity contribution in [3.63, 3.8) is 0 Å². The normalized spacial score (nSPS) is 30.9. The standard InChI is InChI=1S/C10H14O/c1-3-7-10(2)8-5-4-6-9(10)11/h4-6,8H2,1-2H3/t10-/m0/s1. The van der Waals surface area contributed by atoms with E-state index in [2.05, 4.69) is 11.8 Å². The predicted octanol–water partition coefficient (Wildman–Crippen LogP) is 2.16.